The van der Waals surface area contributed by atoms with Gasteiger partial charge < -0.3 is 14.6 Å². The fraction of sp³-hybridized carbons (Fsp3) is 0.464. The molecule has 1 aromatic heterocycles. The number of benzene rings is 2. The van der Waals surface area contributed by atoms with Crippen LogP contribution in [0.15, 0.2) is 65.1 Å². The number of hydrogen-bond donors (Lipinski definition) is 1. The zero-order valence-corrected chi connectivity index (χ0v) is 19.6. The van der Waals surface area contributed by atoms with Crippen LogP contribution in [0.5, 0.6) is 0 Å². The van der Waals surface area contributed by atoms with Crippen molar-refractivity contribution in [3.63, 3.8) is 0 Å². The molecule has 2 aromatic carbocycles. The molecule has 0 bridgehead atoms. The highest BCUT2D eigenvalue weighted by atomic mass is 16.4. The Labute approximate surface area is 193 Å². The molecule has 3 aromatic rings. The maximum Gasteiger partial charge on any atom is 0.219 e. The first-order valence-corrected chi connectivity index (χ1v) is 12.2. The van der Waals surface area contributed by atoms with E-state index in [2.05, 4.69) is 84.7 Å². The minimum absolute atomic E-state index is 0.116. The molecular formula is C28H37N3O. The zero-order valence-electron chi connectivity index (χ0n) is 19.6. The van der Waals surface area contributed by atoms with Gasteiger partial charge in [0.15, 0.2) is 0 Å². The molecule has 0 amide bonds. The van der Waals surface area contributed by atoms with E-state index in [0.717, 1.165) is 56.4 Å². The van der Waals surface area contributed by atoms with E-state index < -0.39 is 0 Å². The normalized spacial score (nSPS) is 15.3. The van der Waals surface area contributed by atoms with Gasteiger partial charge in [-0.25, -0.2) is 4.98 Å². The van der Waals surface area contributed by atoms with Crippen LogP contribution in [0.25, 0.3) is 0 Å². The third-order valence-corrected chi connectivity index (χ3v) is 6.19. The Morgan fingerprint density at radius 3 is 2.22 bits per heavy atom. The van der Waals surface area contributed by atoms with Crippen LogP contribution in [0, 0.1) is 5.92 Å². The summed E-state index contributed by atoms with van der Waals surface area (Å²) in [5.41, 5.74) is 3.71. The molecule has 1 unspecified atom stereocenters. The molecule has 0 saturated carbocycles. The molecule has 1 aliphatic heterocycles. The minimum Gasteiger partial charge on any atom is -0.423 e. The van der Waals surface area contributed by atoms with Crippen LogP contribution in [-0.4, -0.2) is 24.6 Å². The van der Waals surface area contributed by atoms with Gasteiger partial charge in [0.25, 0.3) is 0 Å². The molecule has 4 rings (SSSR count). The number of piperidine rings is 1. The average molecular weight is 432 g/mol. The highest BCUT2D eigenvalue weighted by Crippen LogP contribution is 2.31. The van der Waals surface area contributed by atoms with Gasteiger partial charge in [-0.2, -0.15) is 0 Å². The van der Waals surface area contributed by atoms with Gasteiger partial charge in [-0.15, -0.1) is 0 Å². The number of nitrogens with zero attached hydrogens (tertiary/aromatic N) is 2. The van der Waals surface area contributed by atoms with Crippen LogP contribution in [0.4, 0.5) is 5.88 Å². The van der Waals surface area contributed by atoms with E-state index in [-0.39, 0.29) is 6.04 Å². The van der Waals surface area contributed by atoms with E-state index >= 15 is 0 Å². The van der Waals surface area contributed by atoms with E-state index in [1.54, 1.807) is 0 Å². The lowest BCUT2D eigenvalue weighted by Crippen LogP contribution is -2.29. The fourth-order valence-electron chi connectivity index (χ4n) is 4.41. The Morgan fingerprint density at radius 1 is 0.906 bits per heavy atom. The lowest BCUT2D eigenvalue weighted by atomic mass is 10.0. The van der Waals surface area contributed by atoms with Crippen molar-refractivity contribution in [2.24, 2.45) is 5.92 Å². The van der Waals surface area contributed by atoms with Crippen molar-refractivity contribution >= 4 is 5.88 Å². The van der Waals surface area contributed by atoms with Crippen molar-refractivity contribution < 1.29 is 4.42 Å². The third kappa shape index (κ3) is 6.23. The molecule has 4 nitrogen and oxygen atoms in total. The smallest absolute Gasteiger partial charge is 0.219 e. The van der Waals surface area contributed by atoms with E-state index in [4.69, 9.17) is 9.40 Å². The Morgan fingerprint density at radius 2 is 1.56 bits per heavy atom. The van der Waals surface area contributed by atoms with E-state index in [1.165, 1.54) is 30.4 Å². The molecule has 0 radical (unpaired) electrons. The van der Waals surface area contributed by atoms with Crippen molar-refractivity contribution in [3.05, 3.63) is 83.4 Å². The Kier molecular flexibility index (Phi) is 8.00. The van der Waals surface area contributed by atoms with E-state index in [1.807, 2.05) is 0 Å². The number of aromatic nitrogens is 1. The van der Waals surface area contributed by atoms with Crippen LogP contribution in [0.2, 0.25) is 0 Å². The monoisotopic (exact) mass is 431 g/mol. The molecule has 1 aliphatic rings. The quantitative estimate of drug-likeness (QED) is 0.416. The van der Waals surface area contributed by atoms with Crippen molar-refractivity contribution in [1.29, 1.82) is 0 Å². The van der Waals surface area contributed by atoms with Gasteiger partial charge >= 0.3 is 0 Å². The van der Waals surface area contributed by atoms with Crippen LogP contribution >= 0.6 is 0 Å². The van der Waals surface area contributed by atoms with Crippen LogP contribution in [-0.2, 0) is 12.8 Å². The van der Waals surface area contributed by atoms with Crippen molar-refractivity contribution in [3.8, 4) is 0 Å². The standard InChI is InChI=1S/C28H37N3O/c1-22(2)21-29-25(17-16-23-12-6-3-7-13-23)27-30-26(20-24-14-8-4-9-15-24)28(32-27)31-18-10-5-11-19-31/h3-4,6-9,12-15,22,25,29H,5,10-11,16-21H2,1-2H3. The van der Waals surface area contributed by atoms with Crippen molar-refractivity contribution in [2.75, 3.05) is 24.5 Å². The molecule has 1 N–H and O–H groups in total. The Balaban J connectivity index is 1.59. The summed E-state index contributed by atoms with van der Waals surface area (Å²) < 4.78 is 6.56. The topological polar surface area (TPSA) is 41.3 Å². The second kappa shape index (κ2) is 11.3. The Hall–Kier alpha value is -2.59. The van der Waals surface area contributed by atoms with Crippen LogP contribution in [0.3, 0.4) is 0 Å². The molecule has 1 atom stereocenters. The SMILES string of the molecule is CC(C)CNC(CCc1ccccc1)c1nc(Cc2ccccc2)c(N2CCCCC2)o1. The first-order chi connectivity index (χ1) is 15.7. The van der Waals surface area contributed by atoms with Crippen molar-refractivity contribution in [2.45, 2.75) is 58.4 Å². The minimum atomic E-state index is 0.116. The van der Waals surface area contributed by atoms with Gasteiger partial charge in [0.05, 0.1) is 6.04 Å². The Bertz CT molecular complexity index is 930. The maximum absolute atomic E-state index is 6.56. The number of aryl methyl sites for hydroxylation is 1. The number of oxazole rings is 1. The molecule has 2 heterocycles. The fourth-order valence-corrected chi connectivity index (χ4v) is 4.41. The number of anilines is 1. The second-order valence-corrected chi connectivity index (χ2v) is 9.39. The molecular weight excluding hydrogens is 394 g/mol. The lowest BCUT2D eigenvalue weighted by Gasteiger charge is -2.26. The molecule has 0 aliphatic carbocycles. The van der Waals surface area contributed by atoms with Crippen LogP contribution in [0.1, 0.15) is 68.3 Å². The maximum atomic E-state index is 6.56. The summed E-state index contributed by atoms with van der Waals surface area (Å²) in [7, 11) is 0. The largest absolute Gasteiger partial charge is 0.423 e. The molecule has 4 heteroatoms. The predicted molar refractivity (Wildman–Crippen MR) is 132 cm³/mol. The highest BCUT2D eigenvalue weighted by Gasteiger charge is 2.25. The summed E-state index contributed by atoms with van der Waals surface area (Å²) in [5, 5.41) is 3.74. The van der Waals surface area contributed by atoms with Gasteiger partial charge in [0.1, 0.15) is 5.69 Å². The predicted octanol–water partition coefficient (Wildman–Crippen LogP) is 6.18. The van der Waals surface area contributed by atoms with Gasteiger partial charge in [0.2, 0.25) is 11.8 Å². The number of rotatable bonds is 10. The summed E-state index contributed by atoms with van der Waals surface area (Å²) in [6, 6.07) is 21.5. The van der Waals surface area contributed by atoms with Gasteiger partial charge in [-0.1, -0.05) is 74.5 Å². The van der Waals surface area contributed by atoms with Gasteiger partial charge in [-0.3, -0.25) is 0 Å². The molecule has 1 fully saturated rings. The van der Waals surface area contributed by atoms with Gasteiger partial charge in [-0.05, 0) is 55.7 Å². The summed E-state index contributed by atoms with van der Waals surface area (Å²) in [6.07, 6.45) is 6.55. The lowest BCUT2D eigenvalue weighted by molar-refractivity contribution is 0.364. The summed E-state index contributed by atoms with van der Waals surface area (Å²) in [5.74, 6) is 2.40. The van der Waals surface area contributed by atoms with Gasteiger partial charge in [0, 0.05) is 19.5 Å². The second-order valence-electron chi connectivity index (χ2n) is 9.39. The zero-order chi connectivity index (χ0) is 22.2. The summed E-state index contributed by atoms with van der Waals surface area (Å²) in [6.45, 7) is 7.57. The molecule has 0 spiro atoms. The third-order valence-electron chi connectivity index (χ3n) is 6.19. The van der Waals surface area contributed by atoms with Crippen LogP contribution < -0.4 is 10.2 Å². The molecule has 1 saturated heterocycles. The first-order valence-electron chi connectivity index (χ1n) is 12.2. The molecule has 170 valence electrons. The average Bonchev–Trinajstić information content (AvgIpc) is 3.24. The van der Waals surface area contributed by atoms with Crippen molar-refractivity contribution in [1.82, 2.24) is 10.3 Å². The number of hydrogen-bond acceptors (Lipinski definition) is 4. The van der Waals surface area contributed by atoms with E-state index in [0.29, 0.717) is 5.92 Å². The number of nitrogens with one attached hydrogen (secondary N) is 1. The van der Waals surface area contributed by atoms with E-state index in [9.17, 15) is 0 Å². The highest BCUT2D eigenvalue weighted by molar-refractivity contribution is 5.44. The summed E-state index contributed by atoms with van der Waals surface area (Å²) >= 11 is 0. The summed E-state index contributed by atoms with van der Waals surface area (Å²) in [4.78, 5) is 7.51. The first kappa shape index (κ1) is 22.6. The molecule has 32 heavy (non-hydrogen) atoms.